The van der Waals surface area contributed by atoms with Crippen LogP contribution in [-0.2, 0) is 0 Å². The molecule has 1 saturated heterocycles. The average Bonchev–Trinajstić information content (AvgIpc) is 2.12. The van der Waals surface area contributed by atoms with Gasteiger partial charge in [0, 0.05) is 10.7 Å². The van der Waals surface area contributed by atoms with Crippen molar-refractivity contribution in [1.82, 2.24) is 10.3 Å². The molecule has 1 aliphatic rings. The summed E-state index contributed by atoms with van der Waals surface area (Å²) in [7, 11) is 0. The summed E-state index contributed by atoms with van der Waals surface area (Å²) in [5.74, 6) is 0.814. The van der Waals surface area contributed by atoms with Gasteiger partial charge in [0.1, 0.15) is 12.4 Å². The van der Waals surface area contributed by atoms with Gasteiger partial charge in [-0.05, 0) is 41.9 Å². The van der Waals surface area contributed by atoms with Crippen LogP contribution >= 0.6 is 15.9 Å². The predicted molar refractivity (Wildman–Crippen MR) is 58.5 cm³/mol. The molecule has 1 fully saturated rings. The molecule has 14 heavy (non-hydrogen) atoms. The van der Waals surface area contributed by atoms with Gasteiger partial charge in [-0.1, -0.05) is 0 Å². The molecule has 1 aromatic heterocycles. The fourth-order valence-corrected chi connectivity index (χ4v) is 1.73. The van der Waals surface area contributed by atoms with Crippen molar-refractivity contribution >= 4 is 15.9 Å². The van der Waals surface area contributed by atoms with E-state index in [4.69, 9.17) is 4.74 Å². The number of hydrogen-bond acceptors (Lipinski definition) is 3. The first-order valence-corrected chi connectivity index (χ1v) is 5.46. The molecule has 0 aliphatic carbocycles. The lowest BCUT2D eigenvalue weighted by Gasteiger charge is -2.39. The molecule has 76 valence electrons. The van der Waals surface area contributed by atoms with Gasteiger partial charge in [-0.25, -0.2) is 0 Å². The third-order valence-corrected chi connectivity index (χ3v) is 2.90. The van der Waals surface area contributed by atoms with Crippen LogP contribution < -0.4 is 10.1 Å². The minimum absolute atomic E-state index is 0.155. The number of hydrogen-bond donors (Lipinski definition) is 1. The van der Waals surface area contributed by atoms with Crippen molar-refractivity contribution in [3.8, 4) is 5.75 Å². The largest absolute Gasteiger partial charge is 0.490 e. The summed E-state index contributed by atoms with van der Waals surface area (Å²) in [5, 5.41) is 3.35. The third-order valence-electron chi connectivity index (χ3n) is 2.47. The van der Waals surface area contributed by atoms with Gasteiger partial charge in [0.25, 0.3) is 0 Å². The minimum Gasteiger partial charge on any atom is -0.490 e. The number of pyridine rings is 1. The van der Waals surface area contributed by atoms with E-state index in [1.807, 2.05) is 6.07 Å². The summed E-state index contributed by atoms with van der Waals surface area (Å²) < 4.78 is 6.58. The SMILES string of the molecule is C[C@@]1(COc2cncc(Br)c2)CCN1. The number of nitrogens with zero attached hydrogens (tertiary/aromatic N) is 1. The van der Waals surface area contributed by atoms with Crippen LogP contribution in [0.25, 0.3) is 0 Å². The topological polar surface area (TPSA) is 34.1 Å². The molecule has 0 aromatic carbocycles. The van der Waals surface area contributed by atoms with E-state index in [0.29, 0.717) is 6.61 Å². The molecule has 2 heterocycles. The maximum atomic E-state index is 5.64. The van der Waals surface area contributed by atoms with Crippen LogP contribution in [0.2, 0.25) is 0 Å². The standard InChI is InChI=1S/C10H13BrN2O/c1-10(2-3-13-10)7-14-9-4-8(11)5-12-6-9/h4-6,13H,2-3,7H2,1H3/t10-/m0/s1. The Balaban J connectivity index is 1.91. The number of ether oxygens (including phenoxy) is 1. The van der Waals surface area contributed by atoms with E-state index in [9.17, 15) is 0 Å². The number of nitrogens with one attached hydrogen (secondary N) is 1. The maximum Gasteiger partial charge on any atom is 0.138 e. The lowest BCUT2D eigenvalue weighted by molar-refractivity contribution is 0.132. The van der Waals surface area contributed by atoms with E-state index in [0.717, 1.165) is 16.8 Å². The molecule has 0 amide bonds. The molecule has 0 saturated carbocycles. The van der Waals surface area contributed by atoms with Crippen molar-refractivity contribution in [1.29, 1.82) is 0 Å². The molecule has 0 spiro atoms. The van der Waals surface area contributed by atoms with Gasteiger partial charge in [0.05, 0.1) is 11.7 Å². The molecule has 0 unspecified atom stereocenters. The van der Waals surface area contributed by atoms with E-state index in [1.165, 1.54) is 6.42 Å². The molecule has 1 aliphatic heterocycles. The second-order valence-corrected chi connectivity index (χ2v) is 4.78. The van der Waals surface area contributed by atoms with E-state index < -0.39 is 0 Å². The Hall–Kier alpha value is -0.610. The van der Waals surface area contributed by atoms with Crippen LogP contribution in [0.5, 0.6) is 5.75 Å². The van der Waals surface area contributed by atoms with Crippen LogP contribution in [0.3, 0.4) is 0 Å². The molecule has 4 heteroatoms. The second-order valence-electron chi connectivity index (χ2n) is 3.86. The summed E-state index contributed by atoms with van der Waals surface area (Å²) in [6.07, 6.45) is 4.65. The van der Waals surface area contributed by atoms with Crippen LogP contribution in [0.4, 0.5) is 0 Å². The summed E-state index contributed by atoms with van der Waals surface area (Å²) in [6.45, 7) is 3.96. The van der Waals surface area contributed by atoms with E-state index in [-0.39, 0.29) is 5.54 Å². The van der Waals surface area contributed by atoms with Gasteiger partial charge in [0.2, 0.25) is 0 Å². The molecule has 3 nitrogen and oxygen atoms in total. The lowest BCUT2D eigenvalue weighted by Crippen LogP contribution is -2.58. The van der Waals surface area contributed by atoms with Crippen molar-refractivity contribution in [2.75, 3.05) is 13.2 Å². The van der Waals surface area contributed by atoms with Crippen molar-refractivity contribution in [3.05, 3.63) is 22.9 Å². The second kappa shape index (κ2) is 3.87. The maximum absolute atomic E-state index is 5.64. The Morgan fingerprint density at radius 1 is 1.64 bits per heavy atom. The minimum atomic E-state index is 0.155. The first kappa shape index (κ1) is 9.93. The Morgan fingerprint density at radius 2 is 2.43 bits per heavy atom. The molecule has 0 bridgehead atoms. The quantitative estimate of drug-likeness (QED) is 0.898. The molecule has 1 aromatic rings. The highest BCUT2D eigenvalue weighted by Gasteiger charge is 2.31. The number of aromatic nitrogens is 1. The van der Waals surface area contributed by atoms with E-state index >= 15 is 0 Å². The summed E-state index contributed by atoms with van der Waals surface area (Å²) in [4.78, 5) is 4.04. The third kappa shape index (κ3) is 2.25. The first-order chi connectivity index (χ1) is 6.68. The van der Waals surface area contributed by atoms with Gasteiger partial charge in [-0.3, -0.25) is 4.98 Å². The Kier molecular flexibility index (Phi) is 2.74. The molecular formula is C10H13BrN2O. The molecule has 0 radical (unpaired) electrons. The zero-order valence-corrected chi connectivity index (χ0v) is 9.67. The fraction of sp³-hybridized carbons (Fsp3) is 0.500. The van der Waals surface area contributed by atoms with Crippen LogP contribution in [0, 0.1) is 0 Å². The molecular weight excluding hydrogens is 244 g/mol. The van der Waals surface area contributed by atoms with E-state index in [2.05, 4.69) is 33.2 Å². The zero-order valence-electron chi connectivity index (χ0n) is 8.09. The van der Waals surface area contributed by atoms with Gasteiger partial charge in [-0.2, -0.15) is 0 Å². The smallest absolute Gasteiger partial charge is 0.138 e. The summed E-state index contributed by atoms with van der Waals surface area (Å²) in [5.41, 5.74) is 0.155. The van der Waals surface area contributed by atoms with Crippen molar-refractivity contribution < 1.29 is 4.74 Å². The van der Waals surface area contributed by atoms with Crippen molar-refractivity contribution in [2.24, 2.45) is 0 Å². The van der Waals surface area contributed by atoms with Gasteiger partial charge < -0.3 is 10.1 Å². The molecule has 2 rings (SSSR count). The average molecular weight is 257 g/mol. The summed E-state index contributed by atoms with van der Waals surface area (Å²) in [6, 6.07) is 1.93. The number of rotatable bonds is 3. The first-order valence-electron chi connectivity index (χ1n) is 4.66. The predicted octanol–water partition coefficient (Wildman–Crippen LogP) is 1.97. The zero-order chi connectivity index (χ0) is 10.0. The van der Waals surface area contributed by atoms with Gasteiger partial charge in [-0.15, -0.1) is 0 Å². The van der Waals surface area contributed by atoms with Crippen molar-refractivity contribution in [2.45, 2.75) is 18.9 Å². The lowest BCUT2D eigenvalue weighted by atomic mass is 9.91. The highest BCUT2D eigenvalue weighted by Crippen LogP contribution is 2.21. The van der Waals surface area contributed by atoms with Crippen LogP contribution in [0.15, 0.2) is 22.9 Å². The number of halogens is 1. The molecule has 1 N–H and O–H groups in total. The van der Waals surface area contributed by atoms with E-state index in [1.54, 1.807) is 12.4 Å². The Labute approximate surface area is 92.0 Å². The fourth-order valence-electron chi connectivity index (χ4n) is 1.39. The Morgan fingerprint density at radius 3 is 3.00 bits per heavy atom. The normalized spacial score (nSPS) is 25.6. The highest BCUT2D eigenvalue weighted by atomic mass is 79.9. The molecule has 1 atom stereocenters. The van der Waals surface area contributed by atoms with Gasteiger partial charge >= 0.3 is 0 Å². The monoisotopic (exact) mass is 256 g/mol. The van der Waals surface area contributed by atoms with Crippen molar-refractivity contribution in [3.63, 3.8) is 0 Å². The highest BCUT2D eigenvalue weighted by molar-refractivity contribution is 9.10. The van der Waals surface area contributed by atoms with Crippen LogP contribution in [0.1, 0.15) is 13.3 Å². The van der Waals surface area contributed by atoms with Crippen LogP contribution in [-0.4, -0.2) is 23.7 Å². The summed E-state index contributed by atoms with van der Waals surface area (Å²) >= 11 is 3.36. The Bertz CT molecular complexity index is 326. The van der Waals surface area contributed by atoms with Gasteiger partial charge in [0.15, 0.2) is 0 Å².